The van der Waals surface area contributed by atoms with Gasteiger partial charge in [0.15, 0.2) is 0 Å². The number of carbonyl (C=O) groups excluding carboxylic acids is 1. The first-order chi connectivity index (χ1) is 11.5. The number of rotatable bonds is 6. The van der Waals surface area contributed by atoms with Crippen molar-refractivity contribution >= 4 is 17.5 Å². The fourth-order valence-electron chi connectivity index (χ4n) is 2.65. The van der Waals surface area contributed by atoms with Gasteiger partial charge in [0.25, 0.3) is 0 Å². The minimum absolute atomic E-state index is 0.00582. The molecule has 1 amide bonds. The molecule has 24 heavy (non-hydrogen) atoms. The second-order valence-corrected chi connectivity index (χ2v) is 6.32. The van der Waals surface area contributed by atoms with Gasteiger partial charge in [-0.05, 0) is 60.2 Å². The van der Waals surface area contributed by atoms with Gasteiger partial charge in [-0.3, -0.25) is 4.79 Å². The second-order valence-electron chi connectivity index (χ2n) is 5.91. The van der Waals surface area contributed by atoms with Crippen LogP contribution in [-0.2, 0) is 24.2 Å². The van der Waals surface area contributed by atoms with E-state index in [9.17, 15) is 4.79 Å². The number of halogens is 1. The SMILES string of the molecule is CCc1cccc(CC(=O)NC)c1COc1cc(C)c(C)cc1Cl. The molecule has 0 aliphatic rings. The molecule has 0 saturated heterocycles. The second kappa shape index (κ2) is 8.20. The van der Waals surface area contributed by atoms with E-state index in [1.54, 1.807) is 7.05 Å². The average molecular weight is 346 g/mol. The van der Waals surface area contributed by atoms with Crippen LogP contribution < -0.4 is 10.1 Å². The Morgan fingerprint density at radius 2 is 1.83 bits per heavy atom. The summed E-state index contributed by atoms with van der Waals surface area (Å²) in [5.74, 6) is 0.672. The number of ether oxygens (including phenoxy) is 1. The Bertz CT molecular complexity index is 741. The first kappa shape index (κ1) is 18.3. The highest BCUT2D eigenvalue weighted by Gasteiger charge is 2.12. The maximum atomic E-state index is 11.8. The Balaban J connectivity index is 2.28. The van der Waals surface area contributed by atoms with Crippen LogP contribution in [0.2, 0.25) is 5.02 Å². The first-order valence-electron chi connectivity index (χ1n) is 8.16. The van der Waals surface area contributed by atoms with E-state index in [1.165, 1.54) is 5.56 Å². The molecule has 0 unspecified atom stereocenters. The number of aryl methyl sites for hydroxylation is 3. The van der Waals surface area contributed by atoms with E-state index in [-0.39, 0.29) is 5.91 Å². The summed E-state index contributed by atoms with van der Waals surface area (Å²) in [7, 11) is 1.65. The van der Waals surface area contributed by atoms with Crippen LogP contribution >= 0.6 is 11.6 Å². The maximum absolute atomic E-state index is 11.8. The van der Waals surface area contributed by atoms with Crippen molar-refractivity contribution in [1.29, 1.82) is 0 Å². The highest BCUT2D eigenvalue weighted by molar-refractivity contribution is 6.32. The number of amides is 1. The van der Waals surface area contributed by atoms with E-state index < -0.39 is 0 Å². The lowest BCUT2D eigenvalue weighted by molar-refractivity contribution is -0.119. The van der Waals surface area contributed by atoms with Gasteiger partial charge in [-0.1, -0.05) is 36.7 Å². The average Bonchev–Trinajstić information content (AvgIpc) is 2.57. The molecule has 2 aromatic carbocycles. The summed E-state index contributed by atoms with van der Waals surface area (Å²) >= 11 is 6.30. The molecular weight excluding hydrogens is 322 g/mol. The van der Waals surface area contributed by atoms with Crippen molar-refractivity contribution in [3.8, 4) is 5.75 Å². The molecule has 0 atom stereocenters. The van der Waals surface area contributed by atoms with Gasteiger partial charge in [0.2, 0.25) is 5.91 Å². The maximum Gasteiger partial charge on any atom is 0.224 e. The van der Waals surface area contributed by atoms with E-state index in [4.69, 9.17) is 16.3 Å². The van der Waals surface area contributed by atoms with Crippen molar-refractivity contribution in [2.45, 2.75) is 40.2 Å². The predicted molar refractivity (Wildman–Crippen MR) is 98.8 cm³/mol. The van der Waals surface area contributed by atoms with Crippen molar-refractivity contribution in [3.05, 3.63) is 63.2 Å². The largest absolute Gasteiger partial charge is 0.487 e. The summed E-state index contributed by atoms with van der Waals surface area (Å²) in [5, 5.41) is 3.28. The monoisotopic (exact) mass is 345 g/mol. The summed E-state index contributed by atoms with van der Waals surface area (Å²) in [6.07, 6.45) is 1.24. The fourth-order valence-corrected chi connectivity index (χ4v) is 2.92. The molecular formula is C20H24ClNO2. The zero-order valence-electron chi connectivity index (χ0n) is 14.7. The highest BCUT2D eigenvalue weighted by atomic mass is 35.5. The van der Waals surface area contributed by atoms with Gasteiger partial charge in [-0.15, -0.1) is 0 Å². The van der Waals surface area contributed by atoms with Crippen LogP contribution in [0.3, 0.4) is 0 Å². The van der Waals surface area contributed by atoms with Crippen molar-refractivity contribution in [3.63, 3.8) is 0 Å². The summed E-state index contributed by atoms with van der Waals surface area (Å²) < 4.78 is 5.99. The normalized spacial score (nSPS) is 10.5. The minimum Gasteiger partial charge on any atom is -0.487 e. The highest BCUT2D eigenvalue weighted by Crippen LogP contribution is 2.29. The van der Waals surface area contributed by atoms with Gasteiger partial charge >= 0.3 is 0 Å². The summed E-state index contributed by atoms with van der Waals surface area (Å²) in [5.41, 5.74) is 5.54. The van der Waals surface area contributed by atoms with Gasteiger partial charge < -0.3 is 10.1 Å². The summed E-state index contributed by atoms with van der Waals surface area (Å²) in [4.78, 5) is 11.8. The lowest BCUT2D eigenvalue weighted by atomic mass is 9.97. The van der Waals surface area contributed by atoms with Crippen LogP contribution in [0.4, 0.5) is 0 Å². The molecule has 0 spiro atoms. The minimum atomic E-state index is -0.00582. The van der Waals surface area contributed by atoms with Gasteiger partial charge in [0.1, 0.15) is 12.4 Å². The Hall–Kier alpha value is -2.00. The standard InChI is InChI=1S/C20H24ClNO2/c1-5-15-7-6-8-16(11-20(23)22-4)17(15)12-24-19-10-14(3)13(2)9-18(19)21/h6-10H,5,11-12H2,1-4H3,(H,22,23). The molecule has 4 heteroatoms. The van der Waals surface area contributed by atoms with E-state index in [0.29, 0.717) is 23.8 Å². The lowest BCUT2D eigenvalue weighted by Gasteiger charge is -2.16. The predicted octanol–water partition coefficient (Wildman–Crippen LogP) is 4.39. The first-order valence-corrected chi connectivity index (χ1v) is 8.53. The van der Waals surface area contributed by atoms with E-state index in [1.807, 2.05) is 38.1 Å². The molecule has 2 rings (SSSR count). The molecule has 0 fully saturated rings. The Morgan fingerprint density at radius 3 is 2.50 bits per heavy atom. The van der Waals surface area contributed by atoms with E-state index in [2.05, 4.69) is 18.3 Å². The van der Waals surface area contributed by atoms with Crippen LogP contribution in [0.5, 0.6) is 5.75 Å². The third-order valence-electron chi connectivity index (χ3n) is 4.30. The van der Waals surface area contributed by atoms with Crippen molar-refractivity contribution in [1.82, 2.24) is 5.32 Å². The zero-order chi connectivity index (χ0) is 17.7. The van der Waals surface area contributed by atoms with E-state index >= 15 is 0 Å². The topological polar surface area (TPSA) is 38.3 Å². The van der Waals surface area contributed by atoms with Crippen LogP contribution in [-0.4, -0.2) is 13.0 Å². The number of nitrogens with one attached hydrogen (secondary N) is 1. The lowest BCUT2D eigenvalue weighted by Crippen LogP contribution is -2.21. The fraction of sp³-hybridized carbons (Fsp3) is 0.350. The Kier molecular flexibility index (Phi) is 6.27. The molecule has 0 aromatic heterocycles. The van der Waals surface area contributed by atoms with Crippen LogP contribution in [0.25, 0.3) is 0 Å². The molecule has 0 radical (unpaired) electrons. The zero-order valence-corrected chi connectivity index (χ0v) is 15.5. The molecule has 0 aliphatic carbocycles. The number of carbonyl (C=O) groups is 1. The molecule has 3 nitrogen and oxygen atoms in total. The molecule has 0 heterocycles. The van der Waals surface area contributed by atoms with Crippen LogP contribution in [0.1, 0.15) is 34.7 Å². The van der Waals surface area contributed by atoms with Crippen molar-refractivity contribution < 1.29 is 9.53 Å². The van der Waals surface area contributed by atoms with Gasteiger partial charge in [0.05, 0.1) is 11.4 Å². The van der Waals surface area contributed by atoms with Crippen LogP contribution in [0, 0.1) is 13.8 Å². The van der Waals surface area contributed by atoms with E-state index in [0.717, 1.165) is 28.7 Å². The van der Waals surface area contributed by atoms with Crippen LogP contribution in [0.15, 0.2) is 30.3 Å². The van der Waals surface area contributed by atoms with Crippen molar-refractivity contribution in [2.24, 2.45) is 0 Å². The molecule has 128 valence electrons. The summed E-state index contributed by atoms with van der Waals surface area (Å²) in [6.45, 7) is 6.57. The summed E-state index contributed by atoms with van der Waals surface area (Å²) in [6, 6.07) is 9.93. The van der Waals surface area contributed by atoms with Gasteiger partial charge in [-0.2, -0.15) is 0 Å². The number of likely N-dealkylation sites (N-methyl/N-ethyl adjacent to an activating group) is 1. The third kappa shape index (κ3) is 4.30. The Morgan fingerprint density at radius 1 is 1.17 bits per heavy atom. The number of hydrogen-bond acceptors (Lipinski definition) is 2. The molecule has 2 aromatic rings. The Labute approximate surface area is 149 Å². The van der Waals surface area contributed by atoms with Gasteiger partial charge in [-0.25, -0.2) is 0 Å². The number of benzene rings is 2. The molecule has 0 aliphatic heterocycles. The van der Waals surface area contributed by atoms with Crippen molar-refractivity contribution in [2.75, 3.05) is 7.05 Å². The third-order valence-corrected chi connectivity index (χ3v) is 4.60. The number of hydrogen-bond donors (Lipinski definition) is 1. The molecule has 0 bridgehead atoms. The molecule has 1 N–H and O–H groups in total. The molecule has 0 saturated carbocycles. The van der Waals surface area contributed by atoms with Gasteiger partial charge in [0, 0.05) is 7.05 Å². The quantitative estimate of drug-likeness (QED) is 0.843. The smallest absolute Gasteiger partial charge is 0.224 e.